The van der Waals surface area contributed by atoms with Crippen LogP contribution >= 0.6 is 23.2 Å². The topological polar surface area (TPSA) is 84.9 Å². The van der Waals surface area contributed by atoms with E-state index in [0.717, 1.165) is 11.3 Å². The Bertz CT molecular complexity index is 1100. The Morgan fingerprint density at radius 3 is 2.55 bits per heavy atom. The minimum atomic E-state index is -0.851. The summed E-state index contributed by atoms with van der Waals surface area (Å²) < 4.78 is 11.0. The molecule has 0 radical (unpaired) electrons. The standard InChI is InChI=1S/C22H20Cl2N2O5/c1-4-7-31-19-16(24)9-13(10-18(19)30-3)8-15-20(27)25-22(29)26(21(15)28)17-11-14(23)6-5-12(17)2/h5-6,8-11H,4,7H2,1-3H3,(H,25,27,29)/b15-8+. The fourth-order valence-corrected chi connectivity index (χ4v) is 3.47. The maximum atomic E-state index is 13.1. The molecule has 0 aliphatic carbocycles. The summed E-state index contributed by atoms with van der Waals surface area (Å²) in [5, 5.41) is 2.80. The zero-order valence-electron chi connectivity index (χ0n) is 17.1. The van der Waals surface area contributed by atoms with Crippen molar-refractivity contribution < 1.29 is 23.9 Å². The van der Waals surface area contributed by atoms with E-state index in [9.17, 15) is 14.4 Å². The van der Waals surface area contributed by atoms with E-state index in [4.69, 9.17) is 32.7 Å². The molecule has 0 bridgehead atoms. The summed E-state index contributed by atoms with van der Waals surface area (Å²) in [6.07, 6.45) is 2.13. The van der Waals surface area contributed by atoms with E-state index in [1.165, 1.54) is 19.3 Å². The number of anilines is 1. The molecule has 31 heavy (non-hydrogen) atoms. The molecule has 2 aromatic carbocycles. The van der Waals surface area contributed by atoms with E-state index in [1.54, 1.807) is 31.2 Å². The number of benzene rings is 2. The van der Waals surface area contributed by atoms with Gasteiger partial charge in [-0.1, -0.05) is 36.2 Å². The number of imide groups is 2. The summed E-state index contributed by atoms with van der Waals surface area (Å²) in [5.41, 5.74) is 1.12. The highest BCUT2D eigenvalue weighted by Crippen LogP contribution is 2.37. The van der Waals surface area contributed by atoms with Gasteiger partial charge in [-0.25, -0.2) is 9.69 Å². The monoisotopic (exact) mass is 462 g/mol. The lowest BCUT2D eigenvalue weighted by Gasteiger charge is -2.27. The number of aryl methyl sites for hydroxylation is 1. The van der Waals surface area contributed by atoms with Crippen LogP contribution in [0.5, 0.6) is 11.5 Å². The van der Waals surface area contributed by atoms with Crippen LogP contribution in [0.25, 0.3) is 6.08 Å². The molecule has 1 heterocycles. The lowest BCUT2D eigenvalue weighted by Crippen LogP contribution is -2.54. The van der Waals surface area contributed by atoms with Crippen molar-refractivity contribution in [2.24, 2.45) is 0 Å². The number of halogens is 2. The summed E-state index contributed by atoms with van der Waals surface area (Å²) >= 11 is 12.4. The van der Waals surface area contributed by atoms with Crippen molar-refractivity contribution in [1.29, 1.82) is 0 Å². The number of nitrogens with one attached hydrogen (secondary N) is 1. The Hall–Kier alpha value is -3.03. The highest BCUT2D eigenvalue weighted by atomic mass is 35.5. The predicted octanol–water partition coefficient (Wildman–Crippen LogP) is 4.77. The van der Waals surface area contributed by atoms with Crippen LogP contribution in [0.2, 0.25) is 10.0 Å². The van der Waals surface area contributed by atoms with Gasteiger partial charge in [-0.3, -0.25) is 14.9 Å². The van der Waals surface area contributed by atoms with E-state index in [1.807, 2.05) is 6.92 Å². The van der Waals surface area contributed by atoms with E-state index >= 15 is 0 Å². The Labute approximate surface area is 189 Å². The van der Waals surface area contributed by atoms with E-state index in [-0.39, 0.29) is 16.3 Å². The minimum Gasteiger partial charge on any atom is -0.493 e. The van der Waals surface area contributed by atoms with Crippen LogP contribution in [0.4, 0.5) is 10.5 Å². The Balaban J connectivity index is 2.04. The maximum Gasteiger partial charge on any atom is 0.335 e. The number of methoxy groups -OCH3 is 1. The first-order chi connectivity index (χ1) is 14.8. The number of carbonyl (C=O) groups excluding carboxylic acids is 3. The van der Waals surface area contributed by atoms with E-state index in [0.29, 0.717) is 34.3 Å². The first-order valence-electron chi connectivity index (χ1n) is 9.44. The minimum absolute atomic E-state index is 0.237. The first kappa shape index (κ1) is 22.7. The third-order valence-corrected chi connectivity index (χ3v) is 5.04. The smallest absolute Gasteiger partial charge is 0.335 e. The molecule has 162 valence electrons. The average molecular weight is 463 g/mol. The number of barbiturate groups is 1. The van der Waals surface area contributed by atoms with Gasteiger partial charge in [-0.05, 0) is 54.8 Å². The second-order valence-corrected chi connectivity index (χ2v) is 7.61. The van der Waals surface area contributed by atoms with Gasteiger partial charge in [0.05, 0.1) is 24.4 Å². The van der Waals surface area contributed by atoms with Gasteiger partial charge in [0, 0.05) is 5.02 Å². The average Bonchev–Trinajstić information content (AvgIpc) is 2.72. The summed E-state index contributed by atoms with van der Waals surface area (Å²) in [6, 6.07) is 7.10. The molecule has 3 rings (SSSR count). The number of rotatable bonds is 6. The largest absolute Gasteiger partial charge is 0.493 e. The van der Waals surface area contributed by atoms with Crippen molar-refractivity contribution in [1.82, 2.24) is 5.32 Å². The van der Waals surface area contributed by atoms with Gasteiger partial charge in [0.2, 0.25) is 0 Å². The molecule has 1 aliphatic heterocycles. The molecule has 0 unspecified atom stereocenters. The summed E-state index contributed by atoms with van der Waals surface area (Å²) in [5.74, 6) is -0.859. The van der Waals surface area contributed by atoms with Crippen LogP contribution in [-0.2, 0) is 9.59 Å². The van der Waals surface area contributed by atoms with Gasteiger partial charge in [-0.15, -0.1) is 0 Å². The summed E-state index contributed by atoms with van der Waals surface area (Å²) in [7, 11) is 1.46. The Morgan fingerprint density at radius 2 is 1.87 bits per heavy atom. The number of nitrogens with zero attached hydrogens (tertiary/aromatic N) is 1. The zero-order valence-corrected chi connectivity index (χ0v) is 18.6. The molecule has 0 atom stereocenters. The predicted molar refractivity (Wildman–Crippen MR) is 119 cm³/mol. The van der Waals surface area contributed by atoms with Crippen molar-refractivity contribution in [3.63, 3.8) is 0 Å². The molecule has 0 spiro atoms. The molecular weight excluding hydrogens is 443 g/mol. The quantitative estimate of drug-likeness (QED) is 0.493. The van der Waals surface area contributed by atoms with Gasteiger partial charge in [0.15, 0.2) is 11.5 Å². The number of ether oxygens (including phenoxy) is 2. The SMILES string of the molecule is CCCOc1c(Cl)cc(/C=C2\C(=O)NC(=O)N(c3cc(Cl)ccc3C)C2=O)cc1OC. The third-order valence-electron chi connectivity index (χ3n) is 4.53. The normalized spacial score (nSPS) is 15.3. The Kier molecular flexibility index (Phi) is 6.87. The molecule has 7 nitrogen and oxygen atoms in total. The van der Waals surface area contributed by atoms with Gasteiger partial charge >= 0.3 is 6.03 Å². The van der Waals surface area contributed by atoms with Crippen molar-refractivity contribution in [2.75, 3.05) is 18.6 Å². The van der Waals surface area contributed by atoms with E-state index in [2.05, 4.69) is 5.32 Å². The molecule has 4 amide bonds. The lowest BCUT2D eigenvalue weighted by atomic mass is 10.1. The molecule has 0 aromatic heterocycles. The number of urea groups is 1. The third kappa shape index (κ3) is 4.68. The number of hydrogen-bond donors (Lipinski definition) is 1. The summed E-state index contributed by atoms with van der Waals surface area (Å²) in [6.45, 7) is 4.14. The molecule has 1 N–H and O–H groups in total. The van der Waals surface area contributed by atoms with Crippen LogP contribution in [0.3, 0.4) is 0 Å². The second kappa shape index (κ2) is 9.41. The van der Waals surface area contributed by atoms with Crippen LogP contribution in [0.1, 0.15) is 24.5 Å². The molecule has 2 aromatic rings. The molecular formula is C22H20Cl2N2O5. The second-order valence-electron chi connectivity index (χ2n) is 6.77. The zero-order chi connectivity index (χ0) is 22.7. The molecule has 1 aliphatic rings. The van der Waals surface area contributed by atoms with Crippen LogP contribution in [0.15, 0.2) is 35.9 Å². The fourth-order valence-electron chi connectivity index (χ4n) is 3.03. The Morgan fingerprint density at radius 1 is 1.13 bits per heavy atom. The van der Waals surface area contributed by atoms with Crippen molar-refractivity contribution in [3.8, 4) is 11.5 Å². The lowest BCUT2D eigenvalue weighted by molar-refractivity contribution is -0.122. The van der Waals surface area contributed by atoms with Crippen LogP contribution < -0.4 is 19.7 Å². The van der Waals surface area contributed by atoms with Crippen molar-refractivity contribution in [2.45, 2.75) is 20.3 Å². The van der Waals surface area contributed by atoms with Crippen molar-refractivity contribution >= 4 is 52.8 Å². The van der Waals surface area contributed by atoms with Crippen molar-refractivity contribution in [3.05, 3.63) is 57.1 Å². The fraction of sp³-hybridized carbons (Fsp3) is 0.227. The van der Waals surface area contributed by atoms with Gasteiger partial charge in [0.25, 0.3) is 11.8 Å². The molecule has 0 saturated carbocycles. The highest BCUT2D eigenvalue weighted by molar-refractivity contribution is 6.40. The highest BCUT2D eigenvalue weighted by Gasteiger charge is 2.37. The summed E-state index contributed by atoms with van der Waals surface area (Å²) in [4.78, 5) is 38.8. The number of hydrogen-bond acceptors (Lipinski definition) is 5. The van der Waals surface area contributed by atoms with Gasteiger partial charge in [0.1, 0.15) is 5.57 Å². The molecule has 9 heteroatoms. The van der Waals surface area contributed by atoms with Gasteiger partial charge < -0.3 is 9.47 Å². The van der Waals surface area contributed by atoms with E-state index < -0.39 is 17.8 Å². The molecule has 1 fully saturated rings. The first-order valence-corrected chi connectivity index (χ1v) is 10.2. The number of amides is 4. The maximum absolute atomic E-state index is 13.1. The number of carbonyl (C=O) groups is 3. The molecule has 1 saturated heterocycles. The van der Waals surface area contributed by atoms with Crippen LogP contribution in [-0.4, -0.2) is 31.6 Å². The van der Waals surface area contributed by atoms with Crippen LogP contribution in [0, 0.1) is 6.92 Å². The van der Waals surface area contributed by atoms with Gasteiger partial charge in [-0.2, -0.15) is 0 Å².